The van der Waals surface area contributed by atoms with E-state index in [1.165, 1.54) is 7.11 Å². The molecule has 0 N–H and O–H groups in total. The van der Waals surface area contributed by atoms with Crippen molar-refractivity contribution >= 4 is 11.9 Å². The van der Waals surface area contributed by atoms with E-state index < -0.39 is 0 Å². The highest BCUT2D eigenvalue weighted by molar-refractivity contribution is 5.93. The van der Waals surface area contributed by atoms with Gasteiger partial charge in [0.2, 0.25) is 0 Å². The minimum absolute atomic E-state index is 0.0332. The van der Waals surface area contributed by atoms with Gasteiger partial charge in [0, 0.05) is 26.3 Å². The van der Waals surface area contributed by atoms with Gasteiger partial charge in [0.1, 0.15) is 5.69 Å². The number of hydrogen-bond donors (Lipinski definition) is 0. The molecule has 2 rings (SSSR count). The predicted molar refractivity (Wildman–Crippen MR) is 66.1 cm³/mol. The Bertz CT molecular complexity index is 445. The van der Waals surface area contributed by atoms with E-state index in [1.54, 1.807) is 4.90 Å². The van der Waals surface area contributed by atoms with Gasteiger partial charge >= 0.3 is 5.97 Å². The number of likely N-dealkylation sites (tertiary alicyclic amines) is 1. The first-order valence-corrected chi connectivity index (χ1v) is 6.12. The summed E-state index contributed by atoms with van der Waals surface area (Å²) in [6, 6.07) is 3.67. The molecule has 0 spiro atoms. The maximum atomic E-state index is 12.2. The van der Waals surface area contributed by atoms with Crippen LogP contribution in [0.2, 0.25) is 0 Å². The smallest absolute Gasteiger partial charge is 0.308 e. The number of piperidine rings is 1. The Kier molecular flexibility index (Phi) is 3.69. The van der Waals surface area contributed by atoms with Crippen molar-refractivity contribution < 1.29 is 14.3 Å². The lowest BCUT2D eigenvalue weighted by Crippen LogP contribution is -2.41. The molecule has 1 aromatic heterocycles. The van der Waals surface area contributed by atoms with Crippen LogP contribution in [0.3, 0.4) is 0 Å². The molecule has 1 amide bonds. The van der Waals surface area contributed by atoms with Crippen LogP contribution in [0.15, 0.2) is 18.3 Å². The number of carbonyl (C=O) groups excluding carboxylic acids is 2. The largest absolute Gasteiger partial charge is 0.469 e. The number of carbonyl (C=O) groups is 2. The quantitative estimate of drug-likeness (QED) is 0.737. The highest BCUT2D eigenvalue weighted by Crippen LogP contribution is 2.20. The lowest BCUT2D eigenvalue weighted by atomic mass is 9.97. The van der Waals surface area contributed by atoms with Gasteiger partial charge in [0.05, 0.1) is 13.0 Å². The minimum atomic E-state index is -0.166. The van der Waals surface area contributed by atoms with Crippen molar-refractivity contribution in [3.05, 3.63) is 24.0 Å². The van der Waals surface area contributed by atoms with Crippen LogP contribution in [0, 0.1) is 5.92 Å². The van der Waals surface area contributed by atoms with Gasteiger partial charge in [-0.25, -0.2) is 0 Å². The Labute approximate surface area is 106 Å². The Balaban J connectivity index is 1.96. The molecule has 0 unspecified atom stereocenters. The van der Waals surface area contributed by atoms with Gasteiger partial charge in [-0.05, 0) is 25.0 Å². The summed E-state index contributed by atoms with van der Waals surface area (Å²) in [4.78, 5) is 25.4. The number of nitrogens with zero attached hydrogens (tertiary/aromatic N) is 2. The molecule has 1 fully saturated rings. The average Bonchev–Trinajstić information content (AvgIpc) is 2.83. The standard InChI is InChI=1S/C13H18N2O3/c1-14-7-3-4-11(14)12(16)15-8-5-10(6-9-15)13(17)18-2/h3-4,7,10H,5-6,8-9H2,1-2H3. The summed E-state index contributed by atoms with van der Waals surface area (Å²) >= 11 is 0. The van der Waals surface area contributed by atoms with Crippen molar-refractivity contribution in [1.82, 2.24) is 9.47 Å². The molecule has 98 valence electrons. The SMILES string of the molecule is COC(=O)C1CCN(C(=O)c2cccn2C)CC1. The van der Waals surface area contributed by atoms with Gasteiger partial charge < -0.3 is 14.2 Å². The van der Waals surface area contributed by atoms with Gasteiger partial charge in [-0.3, -0.25) is 9.59 Å². The number of hydrogen-bond acceptors (Lipinski definition) is 3. The van der Waals surface area contributed by atoms with E-state index in [9.17, 15) is 9.59 Å². The summed E-state index contributed by atoms with van der Waals surface area (Å²) in [5, 5.41) is 0. The lowest BCUT2D eigenvalue weighted by molar-refractivity contribution is -0.146. The van der Waals surface area contributed by atoms with E-state index in [-0.39, 0.29) is 17.8 Å². The topological polar surface area (TPSA) is 51.5 Å². The second kappa shape index (κ2) is 5.25. The average molecular weight is 250 g/mol. The van der Waals surface area contributed by atoms with Gasteiger partial charge in [-0.15, -0.1) is 0 Å². The molecule has 2 heterocycles. The molecule has 1 aromatic rings. The summed E-state index contributed by atoms with van der Waals surface area (Å²) in [6.45, 7) is 1.23. The van der Waals surface area contributed by atoms with Crippen molar-refractivity contribution in [2.24, 2.45) is 13.0 Å². The van der Waals surface area contributed by atoms with Crippen molar-refractivity contribution in [2.75, 3.05) is 20.2 Å². The first-order chi connectivity index (χ1) is 8.63. The zero-order valence-electron chi connectivity index (χ0n) is 10.8. The van der Waals surface area contributed by atoms with Crippen LogP contribution in [0.25, 0.3) is 0 Å². The van der Waals surface area contributed by atoms with Gasteiger partial charge in [0.15, 0.2) is 0 Å². The number of aromatic nitrogens is 1. The Morgan fingerprint density at radius 1 is 1.33 bits per heavy atom. The van der Waals surface area contributed by atoms with E-state index in [2.05, 4.69) is 0 Å². The van der Waals surface area contributed by atoms with E-state index in [4.69, 9.17) is 4.74 Å². The third-order valence-corrected chi connectivity index (χ3v) is 3.48. The Morgan fingerprint density at radius 2 is 2.00 bits per heavy atom. The van der Waals surface area contributed by atoms with E-state index >= 15 is 0 Å². The van der Waals surface area contributed by atoms with Crippen LogP contribution < -0.4 is 0 Å². The fourth-order valence-electron chi connectivity index (χ4n) is 2.33. The van der Waals surface area contributed by atoms with Crippen LogP contribution in [-0.4, -0.2) is 41.5 Å². The van der Waals surface area contributed by atoms with Crippen molar-refractivity contribution in [1.29, 1.82) is 0 Å². The van der Waals surface area contributed by atoms with Crippen molar-refractivity contribution in [2.45, 2.75) is 12.8 Å². The molecule has 0 bridgehead atoms. The Hall–Kier alpha value is -1.78. The molecule has 0 atom stereocenters. The summed E-state index contributed by atoms with van der Waals surface area (Å²) in [6.07, 6.45) is 3.22. The normalized spacial score (nSPS) is 16.7. The fourth-order valence-corrected chi connectivity index (χ4v) is 2.33. The van der Waals surface area contributed by atoms with E-state index in [0.717, 1.165) is 0 Å². The number of rotatable bonds is 2. The van der Waals surface area contributed by atoms with Gasteiger partial charge in [-0.1, -0.05) is 0 Å². The molecule has 1 aliphatic heterocycles. The third kappa shape index (κ3) is 2.39. The summed E-state index contributed by atoms with van der Waals surface area (Å²) in [5.41, 5.74) is 0.687. The lowest BCUT2D eigenvalue weighted by Gasteiger charge is -2.30. The van der Waals surface area contributed by atoms with E-state index in [1.807, 2.05) is 29.9 Å². The highest BCUT2D eigenvalue weighted by Gasteiger charge is 2.28. The Morgan fingerprint density at radius 3 is 2.50 bits per heavy atom. The number of ether oxygens (including phenoxy) is 1. The molecule has 0 aliphatic carbocycles. The maximum Gasteiger partial charge on any atom is 0.308 e. The molecule has 18 heavy (non-hydrogen) atoms. The summed E-state index contributed by atoms with van der Waals surface area (Å²) in [7, 11) is 3.26. The molecule has 1 saturated heterocycles. The zero-order valence-corrected chi connectivity index (χ0v) is 10.8. The van der Waals surface area contributed by atoms with Crippen LogP contribution in [0.4, 0.5) is 0 Å². The monoisotopic (exact) mass is 250 g/mol. The molecular formula is C13H18N2O3. The summed E-state index contributed by atoms with van der Waals surface area (Å²) in [5.74, 6) is -0.195. The first kappa shape index (κ1) is 12.7. The zero-order chi connectivity index (χ0) is 13.1. The molecule has 1 aliphatic rings. The molecule has 0 radical (unpaired) electrons. The van der Waals surface area contributed by atoms with Crippen LogP contribution in [0.5, 0.6) is 0 Å². The minimum Gasteiger partial charge on any atom is -0.469 e. The van der Waals surface area contributed by atoms with E-state index in [0.29, 0.717) is 31.6 Å². The van der Waals surface area contributed by atoms with Crippen LogP contribution >= 0.6 is 0 Å². The number of esters is 1. The molecule has 0 saturated carbocycles. The molecule has 5 heteroatoms. The van der Waals surface area contributed by atoms with Crippen molar-refractivity contribution in [3.63, 3.8) is 0 Å². The predicted octanol–water partition coefficient (Wildman–Crippen LogP) is 1.05. The van der Waals surface area contributed by atoms with Gasteiger partial charge in [0.25, 0.3) is 5.91 Å². The number of amides is 1. The third-order valence-electron chi connectivity index (χ3n) is 3.48. The second-order valence-electron chi connectivity index (χ2n) is 4.59. The molecule has 0 aromatic carbocycles. The van der Waals surface area contributed by atoms with Gasteiger partial charge in [-0.2, -0.15) is 0 Å². The van der Waals surface area contributed by atoms with Crippen LogP contribution in [-0.2, 0) is 16.6 Å². The summed E-state index contributed by atoms with van der Waals surface area (Å²) < 4.78 is 6.54. The fraction of sp³-hybridized carbons (Fsp3) is 0.538. The number of aryl methyl sites for hydroxylation is 1. The van der Waals surface area contributed by atoms with Crippen LogP contribution in [0.1, 0.15) is 23.3 Å². The first-order valence-electron chi connectivity index (χ1n) is 6.12. The molecular weight excluding hydrogens is 232 g/mol. The number of methoxy groups -OCH3 is 1. The van der Waals surface area contributed by atoms with Crippen molar-refractivity contribution in [3.8, 4) is 0 Å². The molecule has 5 nitrogen and oxygen atoms in total. The highest BCUT2D eigenvalue weighted by atomic mass is 16.5. The second-order valence-corrected chi connectivity index (χ2v) is 4.59. The maximum absolute atomic E-state index is 12.2.